The molecule has 1 fully saturated rings. The van der Waals surface area contributed by atoms with Crippen LogP contribution in [0.5, 0.6) is 0 Å². The highest BCUT2D eigenvalue weighted by molar-refractivity contribution is 5.87. The van der Waals surface area contributed by atoms with Crippen LogP contribution >= 0.6 is 0 Å². The Hall–Kier alpha value is -1.06. The molecule has 1 saturated carbocycles. The highest BCUT2D eigenvalue weighted by atomic mass is 16.4. The van der Waals surface area contributed by atoms with Gasteiger partial charge in [-0.15, -0.1) is 0 Å². The van der Waals surface area contributed by atoms with E-state index in [1.165, 1.54) is 0 Å². The van der Waals surface area contributed by atoms with Crippen LogP contribution in [-0.4, -0.2) is 23.0 Å². The first-order valence-corrected chi connectivity index (χ1v) is 7.80. The van der Waals surface area contributed by atoms with E-state index in [4.69, 9.17) is 0 Å². The summed E-state index contributed by atoms with van der Waals surface area (Å²) in [6.07, 6.45) is 5.27. The number of carboxylic acid groups (broad SMARTS) is 1. The first kappa shape index (κ1) is 17.0. The number of aliphatic carboxylic acids is 1. The largest absolute Gasteiger partial charge is 0.480 e. The number of hydrogen-bond donors (Lipinski definition) is 2. The van der Waals surface area contributed by atoms with E-state index < -0.39 is 12.0 Å². The lowest BCUT2D eigenvalue weighted by molar-refractivity contribution is -0.144. The molecule has 0 spiro atoms. The molecule has 1 rings (SSSR count). The van der Waals surface area contributed by atoms with Crippen molar-refractivity contribution < 1.29 is 14.7 Å². The molecule has 0 aromatic heterocycles. The van der Waals surface area contributed by atoms with Gasteiger partial charge in [0.15, 0.2) is 0 Å². The molecule has 0 saturated heterocycles. The molecule has 0 heterocycles. The number of nitrogens with one attached hydrogen (secondary N) is 1. The third-order valence-corrected chi connectivity index (χ3v) is 4.15. The molecule has 0 aromatic carbocycles. The Labute approximate surface area is 122 Å². The third kappa shape index (κ3) is 4.50. The SMILES string of the molecule is CC(C)C[C@@H](NC(=O)C1(CC(C)C)CCCC1)C(=O)O. The quantitative estimate of drug-likeness (QED) is 0.754. The zero-order chi connectivity index (χ0) is 15.3. The zero-order valence-electron chi connectivity index (χ0n) is 13.2. The van der Waals surface area contributed by atoms with Crippen molar-refractivity contribution in [2.45, 2.75) is 72.3 Å². The number of carboxylic acids is 1. The predicted octanol–water partition coefficient (Wildman–Crippen LogP) is 3.21. The Kier molecular flexibility index (Phi) is 6.03. The molecule has 1 aliphatic carbocycles. The van der Waals surface area contributed by atoms with Crippen molar-refractivity contribution in [1.82, 2.24) is 5.32 Å². The fraction of sp³-hybridized carbons (Fsp3) is 0.875. The van der Waals surface area contributed by atoms with Gasteiger partial charge in [-0.25, -0.2) is 4.79 Å². The zero-order valence-corrected chi connectivity index (χ0v) is 13.2. The average Bonchev–Trinajstić information content (AvgIpc) is 2.76. The van der Waals surface area contributed by atoms with Gasteiger partial charge >= 0.3 is 5.97 Å². The van der Waals surface area contributed by atoms with Gasteiger partial charge in [0.05, 0.1) is 0 Å². The molecule has 0 bridgehead atoms. The normalized spacial score (nSPS) is 19.3. The Morgan fingerprint density at radius 2 is 1.65 bits per heavy atom. The predicted molar refractivity (Wildman–Crippen MR) is 79.4 cm³/mol. The van der Waals surface area contributed by atoms with Gasteiger partial charge in [-0.2, -0.15) is 0 Å². The maximum absolute atomic E-state index is 12.6. The van der Waals surface area contributed by atoms with Crippen LogP contribution in [0.15, 0.2) is 0 Å². The monoisotopic (exact) mass is 283 g/mol. The molecule has 0 aromatic rings. The molecule has 116 valence electrons. The van der Waals surface area contributed by atoms with Crippen LogP contribution in [0.4, 0.5) is 0 Å². The second-order valence-corrected chi connectivity index (χ2v) is 7.08. The second kappa shape index (κ2) is 7.09. The molecule has 0 radical (unpaired) electrons. The van der Waals surface area contributed by atoms with Crippen molar-refractivity contribution in [1.29, 1.82) is 0 Å². The summed E-state index contributed by atoms with van der Waals surface area (Å²) in [7, 11) is 0. The van der Waals surface area contributed by atoms with E-state index in [9.17, 15) is 14.7 Å². The molecule has 4 nitrogen and oxygen atoms in total. The summed E-state index contributed by atoms with van der Waals surface area (Å²) in [5.41, 5.74) is -0.334. The van der Waals surface area contributed by atoms with Crippen LogP contribution in [0.1, 0.15) is 66.2 Å². The van der Waals surface area contributed by atoms with Crippen LogP contribution in [0.25, 0.3) is 0 Å². The highest BCUT2D eigenvalue weighted by Gasteiger charge is 2.42. The number of rotatable bonds is 7. The standard InChI is InChI=1S/C16H29NO3/c1-11(2)9-13(14(18)19)17-15(20)16(10-12(3)4)7-5-6-8-16/h11-13H,5-10H2,1-4H3,(H,17,20)(H,18,19)/t13-/m1/s1. The molecular formula is C16H29NO3. The van der Waals surface area contributed by atoms with Crippen molar-refractivity contribution in [2.75, 3.05) is 0 Å². The van der Waals surface area contributed by atoms with Crippen LogP contribution in [0.3, 0.4) is 0 Å². The lowest BCUT2D eigenvalue weighted by atomic mass is 9.77. The van der Waals surface area contributed by atoms with E-state index >= 15 is 0 Å². The van der Waals surface area contributed by atoms with Crippen LogP contribution in [-0.2, 0) is 9.59 Å². The number of hydrogen-bond acceptors (Lipinski definition) is 2. The van der Waals surface area contributed by atoms with Gasteiger partial charge < -0.3 is 10.4 Å². The first-order valence-electron chi connectivity index (χ1n) is 7.80. The summed E-state index contributed by atoms with van der Waals surface area (Å²) < 4.78 is 0. The summed E-state index contributed by atoms with van der Waals surface area (Å²) in [6.45, 7) is 8.19. The van der Waals surface area contributed by atoms with E-state index in [2.05, 4.69) is 19.2 Å². The smallest absolute Gasteiger partial charge is 0.326 e. The number of amides is 1. The van der Waals surface area contributed by atoms with Gasteiger partial charge in [0, 0.05) is 5.41 Å². The number of carbonyl (C=O) groups excluding carboxylic acids is 1. The maximum atomic E-state index is 12.6. The summed E-state index contributed by atoms with van der Waals surface area (Å²) in [5, 5.41) is 12.1. The molecule has 0 unspecified atom stereocenters. The minimum Gasteiger partial charge on any atom is -0.480 e. The molecular weight excluding hydrogens is 254 g/mol. The Morgan fingerprint density at radius 3 is 2.05 bits per heavy atom. The lowest BCUT2D eigenvalue weighted by Crippen LogP contribution is -2.48. The summed E-state index contributed by atoms with van der Waals surface area (Å²) in [5.74, 6) is -0.269. The highest BCUT2D eigenvalue weighted by Crippen LogP contribution is 2.43. The van der Waals surface area contributed by atoms with Crippen molar-refractivity contribution in [2.24, 2.45) is 17.3 Å². The molecule has 0 aliphatic heterocycles. The van der Waals surface area contributed by atoms with Crippen LogP contribution in [0.2, 0.25) is 0 Å². The Morgan fingerprint density at radius 1 is 1.10 bits per heavy atom. The molecule has 2 N–H and O–H groups in total. The van der Waals surface area contributed by atoms with E-state index in [0.717, 1.165) is 32.1 Å². The van der Waals surface area contributed by atoms with Gasteiger partial charge in [-0.05, 0) is 37.5 Å². The first-order chi connectivity index (χ1) is 9.27. The fourth-order valence-electron chi connectivity index (χ4n) is 3.36. The number of carbonyl (C=O) groups is 2. The average molecular weight is 283 g/mol. The molecule has 1 aliphatic rings. The maximum Gasteiger partial charge on any atom is 0.326 e. The lowest BCUT2D eigenvalue weighted by Gasteiger charge is -2.31. The molecule has 1 atom stereocenters. The van der Waals surface area contributed by atoms with E-state index in [1.54, 1.807) is 0 Å². The van der Waals surface area contributed by atoms with E-state index in [-0.39, 0.29) is 17.2 Å². The van der Waals surface area contributed by atoms with Gasteiger partial charge in [-0.3, -0.25) is 4.79 Å². The van der Waals surface area contributed by atoms with E-state index in [0.29, 0.717) is 12.3 Å². The van der Waals surface area contributed by atoms with Crippen LogP contribution in [0, 0.1) is 17.3 Å². The van der Waals surface area contributed by atoms with Crippen molar-refractivity contribution >= 4 is 11.9 Å². The van der Waals surface area contributed by atoms with Crippen molar-refractivity contribution in [3.05, 3.63) is 0 Å². The molecule has 4 heteroatoms. The minimum absolute atomic E-state index is 0.0447. The van der Waals surface area contributed by atoms with E-state index in [1.807, 2.05) is 13.8 Å². The van der Waals surface area contributed by atoms with Gasteiger partial charge in [-0.1, -0.05) is 40.5 Å². The third-order valence-electron chi connectivity index (χ3n) is 4.15. The van der Waals surface area contributed by atoms with Crippen LogP contribution < -0.4 is 5.32 Å². The summed E-state index contributed by atoms with van der Waals surface area (Å²) in [6, 6.07) is -0.757. The summed E-state index contributed by atoms with van der Waals surface area (Å²) >= 11 is 0. The molecule has 1 amide bonds. The topological polar surface area (TPSA) is 66.4 Å². The minimum atomic E-state index is -0.926. The van der Waals surface area contributed by atoms with Gasteiger partial charge in [0.1, 0.15) is 6.04 Å². The van der Waals surface area contributed by atoms with Gasteiger partial charge in [0.2, 0.25) is 5.91 Å². The second-order valence-electron chi connectivity index (χ2n) is 7.08. The van der Waals surface area contributed by atoms with Crippen molar-refractivity contribution in [3.8, 4) is 0 Å². The Bertz CT molecular complexity index is 344. The fourth-order valence-corrected chi connectivity index (χ4v) is 3.36. The molecule has 20 heavy (non-hydrogen) atoms. The Balaban J connectivity index is 2.76. The van der Waals surface area contributed by atoms with Crippen molar-refractivity contribution in [3.63, 3.8) is 0 Å². The summed E-state index contributed by atoms with van der Waals surface area (Å²) in [4.78, 5) is 23.9. The van der Waals surface area contributed by atoms with Gasteiger partial charge in [0.25, 0.3) is 0 Å².